The van der Waals surface area contributed by atoms with Gasteiger partial charge < -0.3 is 18.6 Å². The number of benzene rings is 2. The van der Waals surface area contributed by atoms with Crippen molar-refractivity contribution in [3.05, 3.63) is 98.8 Å². The lowest BCUT2D eigenvalue weighted by Crippen LogP contribution is -2.53. The lowest BCUT2D eigenvalue weighted by Gasteiger charge is -2.33. The van der Waals surface area contributed by atoms with E-state index in [0.29, 0.717) is 34.5 Å². The molecule has 0 aliphatic carbocycles. The molecule has 1 spiro atoms. The largest absolute Gasteiger partial charge is 0.467 e. The number of para-hydroxylation sites is 1. The van der Waals surface area contributed by atoms with Crippen LogP contribution in [0.25, 0.3) is 11.0 Å². The molecule has 2 aromatic heterocycles. The van der Waals surface area contributed by atoms with Gasteiger partial charge in [0.25, 0.3) is 11.8 Å². The van der Waals surface area contributed by atoms with E-state index in [4.69, 9.17) is 8.83 Å². The Morgan fingerprint density at radius 3 is 2.49 bits per heavy atom. The highest BCUT2D eigenvalue weighted by molar-refractivity contribution is 6.17. The van der Waals surface area contributed by atoms with Crippen molar-refractivity contribution in [2.45, 2.75) is 39.3 Å². The Labute approximate surface area is 201 Å². The fraction of sp³-hybridized carbons (Fsp3) is 0.250. The van der Waals surface area contributed by atoms with Crippen molar-refractivity contribution in [3.63, 3.8) is 0 Å². The van der Waals surface area contributed by atoms with Gasteiger partial charge in [0.15, 0.2) is 11.0 Å². The monoisotopic (exact) mass is 468 g/mol. The summed E-state index contributed by atoms with van der Waals surface area (Å²) in [6, 6.07) is 14.4. The van der Waals surface area contributed by atoms with E-state index < -0.39 is 11.4 Å². The number of fused-ring (bicyclic) bond motifs is 5. The topological polar surface area (TPSA) is 84.0 Å². The summed E-state index contributed by atoms with van der Waals surface area (Å²) in [6.45, 7) is 6.32. The number of aryl methyl sites for hydroxylation is 2. The third-order valence-corrected chi connectivity index (χ3v) is 7.19. The van der Waals surface area contributed by atoms with Crippen LogP contribution in [0.15, 0.2) is 68.4 Å². The molecule has 4 aromatic rings. The zero-order valence-electron chi connectivity index (χ0n) is 19.8. The third-order valence-electron chi connectivity index (χ3n) is 7.19. The summed E-state index contributed by atoms with van der Waals surface area (Å²) in [5.41, 5.74) is 1.62. The number of nitrogens with zero attached hydrogens (tertiary/aromatic N) is 2. The molecule has 0 radical (unpaired) electrons. The molecule has 176 valence electrons. The Hall–Kier alpha value is -4.13. The highest BCUT2D eigenvalue weighted by atomic mass is 16.4. The van der Waals surface area contributed by atoms with Gasteiger partial charge in [0.05, 0.1) is 29.4 Å². The standard InChI is InChI=1S/C28H24N2O5/c1-4-11-29-21-10-6-5-9-20(21)28(27(29)33)23-24(31)19-13-16(2)17(3)14-22(19)35-25(23)26(32)30(28)15-18-8-7-12-34-18/h5-10,12-14H,4,11,15H2,1-3H3. The highest BCUT2D eigenvalue weighted by Gasteiger charge is 2.65. The molecule has 0 fully saturated rings. The van der Waals surface area contributed by atoms with Gasteiger partial charge in [-0.2, -0.15) is 0 Å². The van der Waals surface area contributed by atoms with Crippen LogP contribution in [0.4, 0.5) is 5.69 Å². The molecule has 0 N–H and O–H groups in total. The van der Waals surface area contributed by atoms with Crippen LogP contribution in [0.1, 0.15) is 51.9 Å². The molecular weight excluding hydrogens is 444 g/mol. The quantitative estimate of drug-likeness (QED) is 0.435. The molecule has 0 bridgehead atoms. The molecule has 7 heteroatoms. The summed E-state index contributed by atoms with van der Waals surface area (Å²) < 4.78 is 11.7. The summed E-state index contributed by atoms with van der Waals surface area (Å²) in [7, 11) is 0. The fourth-order valence-electron chi connectivity index (χ4n) is 5.47. The molecule has 0 saturated heterocycles. The van der Waals surface area contributed by atoms with E-state index in [-0.39, 0.29) is 29.2 Å². The van der Waals surface area contributed by atoms with Crippen LogP contribution in [0.5, 0.6) is 0 Å². The fourth-order valence-corrected chi connectivity index (χ4v) is 5.47. The maximum absolute atomic E-state index is 14.4. The minimum Gasteiger partial charge on any atom is -0.467 e. The lowest BCUT2D eigenvalue weighted by molar-refractivity contribution is -0.126. The summed E-state index contributed by atoms with van der Waals surface area (Å²) >= 11 is 0. The van der Waals surface area contributed by atoms with E-state index in [0.717, 1.165) is 17.5 Å². The van der Waals surface area contributed by atoms with E-state index in [1.54, 1.807) is 29.2 Å². The molecule has 4 heterocycles. The van der Waals surface area contributed by atoms with E-state index in [1.165, 1.54) is 11.2 Å². The van der Waals surface area contributed by atoms with Crippen molar-refractivity contribution in [2.24, 2.45) is 0 Å². The summed E-state index contributed by atoms with van der Waals surface area (Å²) in [5.74, 6) is -0.405. The van der Waals surface area contributed by atoms with E-state index >= 15 is 0 Å². The van der Waals surface area contributed by atoms with E-state index in [2.05, 4.69) is 0 Å². The van der Waals surface area contributed by atoms with Crippen LogP contribution in [0, 0.1) is 13.8 Å². The number of hydrogen-bond acceptors (Lipinski definition) is 5. The number of amides is 2. The van der Waals surface area contributed by atoms with Gasteiger partial charge in [-0.05, 0) is 61.7 Å². The van der Waals surface area contributed by atoms with Crippen LogP contribution in [0.2, 0.25) is 0 Å². The Bertz CT molecular complexity index is 1580. The predicted molar refractivity (Wildman–Crippen MR) is 130 cm³/mol. The van der Waals surface area contributed by atoms with E-state index in [9.17, 15) is 14.4 Å². The smallest absolute Gasteiger partial charge is 0.291 e. The molecule has 7 nitrogen and oxygen atoms in total. The first-order chi connectivity index (χ1) is 16.9. The van der Waals surface area contributed by atoms with Gasteiger partial charge in [0.2, 0.25) is 5.76 Å². The maximum Gasteiger partial charge on any atom is 0.291 e. The molecule has 35 heavy (non-hydrogen) atoms. The van der Waals surface area contributed by atoms with Crippen molar-refractivity contribution in [2.75, 3.05) is 11.4 Å². The Morgan fingerprint density at radius 2 is 1.74 bits per heavy atom. The van der Waals surface area contributed by atoms with Crippen molar-refractivity contribution in [3.8, 4) is 0 Å². The number of carbonyl (C=O) groups is 2. The van der Waals surface area contributed by atoms with E-state index in [1.807, 2.05) is 45.0 Å². The van der Waals surface area contributed by atoms with Crippen molar-refractivity contribution >= 4 is 28.5 Å². The van der Waals surface area contributed by atoms with Gasteiger partial charge >= 0.3 is 0 Å². The molecule has 2 aliphatic rings. The minimum atomic E-state index is -1.63. The van der Waals surface area contributed by atoms with Gasteiger partial charge in [-0.25, -0.2) is 0 Å². The number of carbonyl (C=O) groups excluding carboxylic acids is 2. The molecular formula is C28H24N2O5. The Kier molecular flexibility index (Phi) is 4.55. The number of hydrogen-bond donors (Lipinski definition) is 0. The van der Waals surface area contributed by atoms with Crippen LogP contribution in [0.3, 0.4) is 0 Å². The Balaban J connectivity index is 1.73. The average molecular weight is 469 g/mol. The zero-order chi connectivity index (χ0) is 24.5. The number of rotatable bonds is 4. The first-order valence-electron chi connectivity index (χ1n) is 11.7. The normalized spacial score (nSPS) is 18.7. The molecule has 1 atom stereocenters. The molecule has 0 saturated carbocycles. The first kappa shape index (κ1) is 21.4. The molecule has 2 aromatic carbocycles. The van der Waals surface area contributed by atoms with Crippen LogP contribution >= 0.6 is 0 Å². The first-order valence-corrected chi connectivity index (χ1v) is 11.7. The van der Waals surface area contributed by atoms with Crippen LogP contribution < -0.4 is 10.3 Å². The second kappa shape index (κ2) is 7.43. The average Bonchev–Trinajstić information content (AvgIpc) is 3.51. The van der Waals surface area contributed by atoms with Crippen molar-refractivity contribution in [1.29, 1.82) is 0 Å². The second-order valence-corrected chi connectivity index (χ2v) is 9.22. The van der Waals surface area contributed by atoms with Gasteiger partial charge in [-0.1, -0.05) is 25.1 Å². The highest BCUT2D eigenvalue weighted by Crippen LogP contribution is 2.53. The Morgan fingerprint density at radius 1 is 0.971 bits per heavy atom. The maximum atomic E-state index is 14.4. The third kappa shape index (κ3) is 2.69. The number of anilines is 1. The van der Waals surface area contributed by atoms with Crippen molar-refractivity contribution < 1.29 is 18.4 Å². The van der Waals surface area contributed by atoms with Crippen LogP contribution in [-0.2, 0) is 16.9 Å². The number of furan rings is 1. The minimum absolute atomic E-state index is 0.0178. The SMILES string of the molecule is CCCN1C(=O)C2(c3ccccc31)c1c(oc3cc(C)c(C)cc3c1=O)C(=O)N2Cc1ccco1. The molecule has 2 amide bonds. The van der Waals surface area contributed by atoms with Gasteiger partial charge in [-0.3, -0.25) is 14.4 Å². The molecule has 6 rings (SSSR count). The lowest BCUT2D eigenvalue weighted by atomic mass is 9.83. The molecule has 1 unspecified atom stereocenters. The zero-order valence-corrected chi connectivity index (χ0v) is 19.8. The van der Waals surface area contributed by atoms with Gasteiger partial charge in [-0.15, -0.1) is 0 Å². The van der Waals surface area contributed by atoms with Gasteiger partial charge in [0.1, 0.15) is 11.3 Å². The predicted octanol–water partition coefficient (Wildman–Crippen LogP) is 4.66. The molecule has 2 aliphatic heterocycles. The second-order valence-electron chi connectivity index (χ2n) is 9.22. The summed E-state index contributed by atoms with van der Waals surface area (Å²) in [6.07, 6.45) is 2.24. The van der Waals surface area contributed by atoms with Crippen molar-refractivity contribution in [1.82, 2.24) is 4.90 Å². The van der Waals surface area contributed by atoms with Gasteiger partial charge in [0, 0.05) is 12.1 Å². The van der Waals surface area contributed by atoms with Crippen LogP contribution in [-0.4, -0.2) is 23.3 Å². The summed E-state index contributed by atoms with van der Waals surface area (Å²) in [4.78, 5) is 45.5. The summed E-state index contributed by atoms with van der Waals surface area (Å²) in [5, 5.41) is 0.359.